The van der Waals surface area contributed by atoms with E-state index in [0.29, 0.717) is 12.4 Å². The van der Waals surface area contributed by atoms with E-state index in [4.69, 9.17) is 9.88 Å². The Morgan fingerprint density at radius 3 is 2.31 bits per heavy atom. The van der Waals surface area contributed by atoms with Crippen LogP contribution in [0.1, 0.15) is 26.2 Å². The lowest BCUT2D eigenvalue weighted by Gasteiger charge is -2.05. The van der Waals surface area contributed by atoms with Gasteiger partial charge in [0.1, 0.15) is 5.75 Å². The summed E-state index contributed by atoms with van der Waals surface area (Å²) in [5.74, 6) is 0.670. The van der Waals surface area contributed by atoms with E-state index < -0.39 is 10.0 Å². The maximum absolute atomic E-state index is 11.0. The number of primary sulfonamides is 1. The number of rotatable bonds is 6. The van der Waals surface area contributed by atoms with Gasteiger partial charge in [-0.3, -0.25) is 0 Å². The van der Waals surface area contributed by atoms with Gasteiger partial charge < -0.3 is 4.74 Å². The molecule has 90 valence electrons. The smallest absolute Gasteiger partial charge is 0.238 e. The fraction of sp³-hybridized carbons (Fsp3) is 0.455. The van der Waals surface area contributed by atoms with E-state index in [1.165, 1.54) is 12.1 Å². The summed E-state index contributed by atoms with van der Waals surface area (Å²) in [7, 11) is -3.60. The van der Waals surface area contributed by atoms with Crippen molar-refractivity contribution in [3.05, 3.63) is 24.3 Å². The van der Waals surface area contributed by atoms with Gasteiger partial charge in [0.05, 0.1) is 11.5 Å². The van der Waals surface area contributed by atoms with Gasteiger partial charge in [0.25, 0.3) is 0 Å². The third kappa shape index (κ3) is 4.20. The molecule has 0 amide bonds. The van der Waals surface area contributed by atoms with E-state index in [-0.39, 0.29) is 4.90 Å². The van der Waals surface area contributed by atoms with Crippen molar-refractivity contribution in [2.24, 2.45) is 5.14 Å². The predicted molar refractivity (Wildman–Crippen MR) is 62.8 cm³/mol. The molecule has 0 fully saturated rings. The lowest BCUT2D eigenvalue weighted by Crippen LogP contribution is -2.11. The molecule has 0 aliphatic heterocycles. The molecule has 0 saturated heterocycles. The predicted octanol–water partition coefficient (Wildman–Crippen LogP) is 1.90. The Morgan fingerprint density at radius 2 is 1.81 bits per heavy atom. The molecular weight excluding hydrogens is 226 g/mol. The summed E-state index contributed by atoms with van der Waals surface area (Å²) in [6.45, 7) is 2.78. The molecule has 2 N–H and O–H groups in total. The lowest BCUT2D eigenvalue weighted by atomic mass is 10.3. The molecule has 1 rings (SSSR count). The van der Waals surface area contributed by atoms with Gasteiger partial charge in [0.15, 0.2) is 0 Å². The Kier molecular flexibility index (Phi) is 4.76. The van der Waals surface area contributed by atoms with Crippen LogP contribution in [0.2, 0.25) is 0 Å². The fourth-order valence-electron chi connectivity index (χ4n) is 1.27. The van der Waals surface area contributed by atoms with Crippen molar-refractivity contribution in [3.63, 3.8) is 0 Å². The summed E-state index contributed by atoms with van der Waals surface area (Å²) in [6.07, 6.45) is 3.29. The Morgan fingerprint density at radius 1 is 1.19 bits per heavy atom. The molecule has 0 atom stereocenters. The first-order valence-corrected chi connectivity index (χ1v) is 6.84. The third-order valence-corrected chi connectivity index (χ3v) is 3.10. The first kappa shape index (κ1) is 13.0. The van der Waals surface area contributed by atoms with Crippen molar-refractivity contribution in [1.29, 1.82) is 0 Å². The first-order chi connectivity index (χ1) is 7.54. The maximum atomic E-state index is 11.0. The minimum absolute atomic E-state index is 0.105. The van der Waals surface area contributed by atoms with Crippen LogP contribution in [0.4, 0.5) is 0 Å². The van der Waals surface area contributed by atoms with E-state index in [9.17, 15) is 8.42 Å². The van der Waals surface area contributed by atoms with Crippen LogP contribution in [-0.4, -0.2) is 15.0 Å². The van der Waals surface area contributed by atoms with E-state index in [1.807, 2.05) is 0 Å². The van der Waals surface area contributed by atoms with Gasteiger partial charge in [-0.05, 0) is 30.7 Å². The third-order valence-electron chi connectivity index (χ3n) is 2.17. The zero-order valence-corrected chi connectivity index (χ0v) is 10.2. The highest BCUT2D eigenvalue weighted by Gasteiger charge is 2.06. The summed E-state index contributed by atoms with van der Waals surface area (Å²) >= 11 is 0. The fourth-order valence-corrected chi connectivity index (χ4v) is 1.78. The SMILES string of the molecule is CCCCCOc1ccc(S(N)(=O)=O)cc1. The van der Waals surface area contributed by atoms with Crippen LogP contribution in [0.15, 0.2) is 29.2 Å². The van der Waals surface area contributed by atoms with Gasteiger partial charge in [-0.25, -0.2) is 13.6 Å². The Labute approximate surface area is 96.5 Å². The van der Waals surface area contributed by atoms with Crippen molar-refractivity contribution in [3.8, 4) is 5.75 Å². The van der Waals surface area contributed by atoms with Crippen LogP contribution in [0.5, 0.6) is 5.75 Å². The summed E-state index contributed by atoms with van der Waals surface area (Å²) < 4.78 is 27.4. The molecule has 0 aromatic heterocycles. The molecule has 16 heavy (non-hydrogen) atoms. The Balaban J connectivity index is 2.52. The number of hydrogen-bond acceptors (Lipinski definition) is 3. The number of benzene rings is 1. The molecule has 1 aromatic carbocycles. The Bertz CT molecular complexity index is 411. The molecule has 0 saturated carbocycles. The standard InChI is InChI=1S/C11H17NO3S/c1-2-3-4-9-15-10-5-7-11(8-6-10)16(12,13)14/h5-8H,2-4,9H2,1H3,(H2,12,13,14). The van der Waals surface area contributed by atoms with Gasteiger partial charge in [0.2, 0.25) is 10.0 Å². The second kappa shape index (κ2) is 5.86. The highest BCUT2D eigenvalue weighted by Crippen LogP contribution is 2.15. The average molecular weight is 243 g/mol. The monoisotopic (exact) mass is 243 g/mol. The van der Waals surface area contributed by atoms with Crippen molar-refractivity contribution in [2.45, 2.75) is 31.1 Å². The van der Waals surface area contributed by atoms with Crippen LogP contribution in [0.3, 0.4) is 0 Å². The lowest BCUT2D eigenvalue weighted by molar-refractivity contribution is 0.306. The summed E-state index contributed by atoms with van der Waals surface area (Å²) in [4.78, 5) is 0.105. The van der Waals surface area contributed by atoms with Gasteiger partial charge in [-0.2, -0.15) is 0 Å². The molecule has 4 nitrogen and oxygen atoms in total. The topological polar surface area (TPSA) is 69.4 Å². The first-order valence-electron chi connectivity index (χ1n) is 5.29. The van der Waals surface area contributed by atoms with Gasteiger partial charge >= 0.3 is 0 Å². The summed E-state index contributed by atoms with van der Waals surface area (Å²) in [6, 6.07) is 6.13. The molecule has 0 unspecified atom stereocenters. The molecule has 0 radical (unpaired) electrons. The number of unbranched alkanes of at least 4 members (excludes halogenated alkanes) is 2. The summed E-state index contributed by atoms with van der Waals surface area (Å²) in [5.41, 5.74) is 0. The quantitative estimate of drug-likeness (QED) is 0.776. The largest absolute Gasteiger partial charge is 0.494 e. The van der Waals surface area contributed by atoms with Crippen LogP contribution < -0.4 is 9.88 Å². The maximum Gasteiger partial charge on any atom is 0.238 e. The van der Waals surface area contributed by atoms with Gasteiger partial charge in [-0.1, -0.05) is 19.8 Å². The van der Waals surface area contributed by atoms with Crippen LogP contribution >= 0.6 is 0 Å². The molecule has 0 bridgehead atoms. The second-order valence-corrected chi connectivity index (χ2v) is 5.13. The number of sulfonamides is 1. The molecule has 1 aromatic rings. The minimum atomic E-state index is -3.60. The number of nitrogens with two attached hydrogens (primary N) is 1. The van der Waals surface area contributed by atoms with E-state index in [0.717, 1.165) is 19.3 Å². The number of hydrogen-bond donors (Lipinski definition) is 1. The highest BCUT2D eigenvalue weighted by molar-refractivity contribution is 7.89. The molecule has 0 aliphatic rings. The zero-order chi connectivity index (χ0) is 12.0. The second-order valence-electron chi connectivity index (χ2n) is 3.57. The highest BCUT2D eigenvalue weighted by atomic mass is 32.2. The van der Waals surface area contributed by atoms with Crippen LogP contribution in [0, 0.1) is 0 Å². The minimum Gasteiger partial charge on any atom is -0.494 e. The molecule has 0 spiro atoms. The Hall–Kier alpha value is -1.07. The van der Waals surface area contributed by atoms with Crippen molar-refractivity contribution < 1.29 is 13.2 Å². The summed E-state index contributed by atoms with van der Waals surface area (Å²) in [5, 5.41) is 4.98. The average Bonchev–Trinajstić information content (AvgIpc) is 2.24. The van der Waals surface area contributed by atoms with Crippen molar-refractivity contribution in [1.82, 2.24) is 0 Å². The normalized spacial score (nSPS) is 11.4. The van der Waals surface area contributed by atoms with Gasteiger partial charge in [0, 0.05) is 0 Å². The molecule has 5 heteroatoms. The van der Waals surface area contributed by atoms with Crippen molar-refractivity contribution >= 4 is 10.0 Å². The van der Waals surface area contributed by atoms with Crippen molar-refractivity contribution in [2.75, 3.05) is 6.61 Å². The molecular formula is C11H17NO3S. The van der Waals surface area contributed by atoms with Crippen LogP contribution in [0.25, 0.3) is 0 Å². The molecule has 0 heterocycles. The van der Waals surface area contributed by atoms with E-state index in [2.05, 4.69) is 6.92 Å². The van der Waals surface area contributed by atoms with E-state index in [1.54, 1.807) is 12.1 Å². The molecule has 0 aliphatic carbocycles. The van der Waals surface area contributed by atoms with Gasteiger partial charge in [-0.15, -0.1) is 0 Å². The van der Waals surface area contributed by atoms with Crippen LogP contribution in [-0.2, 0) is 10.0 Å². The van der Waals surface area contributed by atoms with E-state index >= 15 is 0 Å². The number of ether oxygens (including phenoxy) is 1. The zero-order valence-electron chi connectivity index (χ0n) is 9.35.